The third-order valence-electron chi connectivity index (χ3n) is 2.76. The molecule has 0 atom stereocenters. The lowest BCUT2D eigenvalue weighted by molar-refractivity contribution is 0.0949. The molecule has 2 aromatic rings. The fourth-order valence-electron chi connectivity index (χ4n) is 1.80. The van der Waals surface area contributed by atoms with Crippen LogP contribution in [0.15, 0.2) is 28.7 Å². The molecule has 19 heavy (non-hydrogen) atoms. The quantitative estimate of drug-likeness (QED) is 0.883. The summed E-state index contributed by atoms with van der Waals surface area (Å²) in [6, 6.07) is 7.03. The zero-order chi connectivity index (χ0) is 13.8. The Bertz CT molecular complexity index is 661. The van der Waals surface area contributed by atoms with Crippen LogP contribution in [-0.2, 0) is 0 Å². The Balaban J connectivity index is 2.51. The number of rotatable bonds is 4. The maximum atomic E-state index is 11.9. The summed E-state index contributed by atoms with van der Waals surface area (Å²) in [4.78, 5) is 11.9. The monoisotopic (exact) mass is 260 g/mol. The predicted octanol–water partition coefficient (Wildman–Crippen LogP) is 2.06. The van der Waals surface area contributed by atoms with Crippen LogP contribution >= 0.6 is 0 Å². The van der Waals surface area contributed by atoms with Gasteiger partial charge in [0.05, 0.1) is 7.11 Å². The molecule has 0 aliphatic heterocycles. The summed E-state index contributed by atoms with van der Waals surface area (Å²) in [6.45, 7) is 2.55. The molecule has 0 saturated carbocycles. The molecule has 0 aliphatic rings. The molecule has 0 aliphatic carbocycles. The molecule has 100 valence electrons. The fraction of sp³-hybridized carbons (Fsp3) is 0.286. The van der Waals surface area contributed by atoms with Crippen LogP contribution in [0.1, 0.15) is 23.7 Å². The molecule has 2 rings (SSSR count). The van der Waals surface area contributed by atoms with E-state index in [1.54, 1.807) is 12.1 Å². The van der Waals surface area contributed by atoms with Crippen LogP contribution in [0.5, 0.6) is 5.75 Å². The SMILES string of the molecule is CCCNC(=O)c1cc2cccc(OC)c2oc1=N. The molecular formula is C14H16N2O3. The van der Waals surface area contributed by atoms with Gasteiger partial charge in [0.1, 0.15) is 5.56 Å². The van der Waals surface area contributed by atoms with Gasteiger partial charge in [0.25, 0.3) is 5.91 Å². The van der Waals surface area contributed by atoms with Gasteiger partial charge in [0, 0.05) is 11.9 Å². The first-order valence-electron chi connectivity index (χ1n) is 6.11. The third-order valence-corrected chi connectivity index (χ3v) is 2.76. The standard InChI is InChI=1S/C14H16N2O3/c1-3-7-16-14(17)10-8-9-5-4-6-11(18-2)12(9)19-13(10)15/h4-6,8,15H,3,7H2,1-2H3,(H,16,17). The Morgan fingerprint density at radius 3 is 2.95 bits per heavy atom. The number of fused-ring (bicyclic) bond motifs is 1. The van der Waals surface area contributed by atoms with E-state index < -0.39 is 0 Å². The topological polar surface area (TPSA) is 75.3 Å². The Labute approximate surface area is 110 Å². The smallest absolute Gasteiger partial charge is 0.256 e. The van der Waals surface area contributed by atoms with Crippen LogP contribution in [0.4, 0.5) is 0 Å². The summed E-state index contributed by atoms with van der Waals surface area (Å²) < 4.78 is 10.6. The van der Waals surface area contributed by atoms with Gasteiger partial charge in [-0.25, -0.2) is 0 Å². The van der Waals surface area contributed by atoms with Gasteiger partial charge in [-0.1, -0.05) is 19.1 Å². The maximum absolute atomic E-state index is 11.9. The van der Waals surface area contributed by atoms with E-state index in [0.29, 0.717) is 17.9 Å². The second-order valence-corrected chi connectivity index (χ2v) is 4.12. The van der Waals surface area contributed by atoms with E-state index in [-0.39, 0.29) is 17.0 Å². The van der Waals surface area contributed by atoms with Crippen molar-refractivity contribution in [1.29, 1.82) is 5.41 Å². The number of benzene rings is 1. The normalized spacial score (nSPS) is 10.4. The molecule has 1 aromatic carbocycles. The van der Waals surface area contributed by atoms with E-state index in [9.17, 15) is 4.79 Å². The van der Waals surface area contributed by atoms with Gasteiger partial charge in [-0.2, -0.15) is 0 Å². The highest BCUT2D eigenvalue weighted by atomic mass is 16.5. The van der Waals surface area contributed by atoms with E-state index in [1.165, 1.54) is 7.11 Å². The average molecular weight is 260 g/mol. The van der Waals surface area contributed by atoms with Gasteiger partial charge in [-0.3, -0.25) is 10.2 Å². The van der Waals surface area contributed by atoms with Gasteiger partial charge >= 0.3 is 0 Å². The Morgan fingerprint density at radius 2 is 2.26 bits per heavy atom. The van der Waals surface area contributed by atoms with E-state index >= 15 is 0 Å². The molecule has 0 radical (unpaired) electrons. The van der Waals surface area contributed by atoms with Crippen molar-refractivity contribution in [2.75, 3.05) is 13.7 Å². The molecule has 0 fully saturated rings. The van der Waals surface area contributed by atoms with Gasteiger partial charge in [-0.05, 0) is 18.6 Å². The zero-order valence-corrected chi connectivity index (χ0v) is 10.9. The lowest BCUT2D eigenvalue weighted by Gasteiger charge is -2.07. The summed E-state index contributed by atoms with van der Waals surface area (Å²) in [5.74, 6) is 0.256. The molecular weight excluding hydrogens is 244 g/mol. The summed E-state index contributed by atoms with van der Waals surface area (Å²) in [5, 5.41) is 11.3. The lowest BCUT2D eigenvalue weighted by Crippen LogP contribution is -2.28. The van der Waals surface area contributed by atoms with Gasteiger partial charge < -0.3 is 14.5 Å². The molecule has 1 heterocycles. The minimum atomic E-state index is -0.291. The first-order valence-corrected chi connectivity index (χ1v) is 6.11. The van der Waals surface area contributed by atoms with Crippen molar-refractivity contribution >= 4 is 16.9 Å². The number of amides is 1. The Kier molecular flexibility index (Phi) is 3.85. The number of carbonyl (C=O) groups is 1. The molecule has 5 nitrogen and oxygen atoms in total. The first kappa shape index (κ1) is 13.1. The van der Waals surface area contributed by atoms with Crippen molar-refractivity contribution in [2.24, 2.45) is 0 Å². The highest BCUT2D eigenvalue weighted by Gasteiger charge is 2.12. The Morgan fingerprint density at radius 1 is 1.47 bits per heavy atom. The molecule has 0 spiro atoms. The van der Waals surface area contributed by atoms with Crippen molar-refractivity contribution in [3.05, 3.63) is 35.4 Å². The Hall–Kier alpha value is -2.30. The third kappa shape index (κ3) is 2.59. The van der Waals surface area contributed by atoms with Crippen LogP contribution in [0.2, 0.25) is 0 Å². The molecule has 5 heteroatoms. The second kappa shape index (κ2) is 5.56. The number of carbonyl (C=O) groups excluding carboxylic acids is 1. The minimum absolute atomic E-state index is 0.161. The summed E-state index contributed by atoms with van der Waals surface area (Å²) >= 11 is 0. The van der Waals surface area contributed by atoms with Crippen molar-refractivity contribution in [3.63, 3.8) is 0 Å². The molecule has 1 amide bonds. The first-order chi connectivity index (χ1) is 9.17. The van der Waals surface area contributed by atoms with Crippen LogP contribution in [0.3, 0.4) is 0 Å². The van der Waals surface area contributed by atoms with Crippen LogP contribution in [0.25, 0.3) is 11.0 Å². The fourth-order valence-corrected chi connectivity index (χ4v) is 1.80. The van der Waals surface area contributed by atoms with Crippen molar-refractivity contribution < 1.29 is 13.9 Å². The second-order valence-electron chi connectivity index (χ2n) is 4.12. The lowest BCUT2D eigenvalue weighted by atomic mass is 10.1. The number of methoxy groups -OCH3 is 1. The minimum Gasteiger partial charge on any atom is -0.493 e. The highest BCUT2D eigenvalue weighted by molar-refractivity contribution is 5.97. The van der Waals surface area contributed by atoms with Crippen LogP contribution in [0, 0.1) is 5.41 Å². The highest BCUT2D eigenvalue weighted by Crippen LogP contribution is 2.24. The number of hydrogen-bond donors (Lipinski definition) is 2. The molecule has 0 saturated heterocycles. The van der Waals surface area contributed by atoms with E-state index in [1.807, 2.05) is 19.1 Å². The van der Waals surface area contributed by atoms with Crippen molar-refractivity contribution in [1.82, 2.24) is 5.32 Å². The van der Waals surface area contributed by atoms with E-state index in [2.05, 4.69) is 5.32 Å². The average Bonchev–Trinajstić information content (AvgIpc) is 2.43. The molecule has 2 N–H and O–H groups in total. The van der Waals surface area contributed by atoms with Crippen LogP contribution < -0.4 is 15.6 Å². The van der Waals surface area contributed by atoms with Gasteiger partial charge in [0.2, 0.25) is 5.55 Å². The molecule has 0 bridgehead atoms. The zero-order valence-electron chi connectivity index (χ0n) is 10.9. The maximum Gasteiger partial charge on any atom is 0.256 e. The van der Waals surface area contributed by atoms with Crippen molar-refractivity contribution in [3.8, 4) is 5.75 Å². The van der Waals surface area contributed by atoms with Gasteiger partial charge in [-0.15, -0.1) is 0 Å². The number of hydrogen-bond acceptors (Lipinski definition) is 4. The van der Waals surface area contributed by atoms with Gasteiger partial charge in [0.15, 0.2) is 11.3 Å². The summed E-state index contributed by atoms with van der Waals surface area (Å²) in [6.07, 6.45) is 0.845. The summed E-state index contributed by atoms with van der Waals surface area (Å²) in [5.41, 5.74) is 0.543. The van der Waals surface area contributed by atoms with E-state index in [4.69, 9.17) is 14.6 Å². The van der Waals surface area contributed by atoms with Crippen LogP contribution in [-0.4, -0.2) is 19.6 Å². The number of ether oxygens (including phenoxy) is 1. The number of para-hydroxylation sites is 1. The summed E-state index contributed by atoms with van der Waals surface area (Å²) in [7, 11) is 1.54. The predicted molar refractivity (Wildman–Crippen MR) is 71.2 cm³/mol. The molecule has 0 unspecified atom stereocenters. The van der Waals surface area contributed by atoms with Crippen molar-refractivity contribution in [2.45, 2.75) is 13.3 Å². The van der Waals surface area contributed by atoms with E-state index in [0.717, 1.165) is 11.8 Å². The number of nitrogens with one attached hydrogen (secondary N) is 2. The molecule has 1 aromatic heterocycles. The largest absolute Gasteiger partial charge is 0.493 e.